The zero-order valence-corrected chi connectivity index (χ0v) is 13.5. The van der Waals surface area contributed by atoms with Gasteiger partial charge in [-0.05, 0) is 48.8 Å². The number of rotatable bonds is 7. The molecular weight excluding hydrogens is 292 g/mol. The summed E-state index contributed by atoms with van der Waals surface area (Å²) in [5.41, 5.74) is 0.969. The van der Waals surface area contributed by atoms with Crippen molar-refractivity contribution in [3.63, 3.8) is 0 Å². The van der Waals surface area contributed by atoms with Gasteiger partial charge in [-0.3, -0.25) is 4.98 Å². The van der Waals surface area contributed by atoms with Gasteiger partial charge in [-0.1, -0.05) is 19.1 Å². The molecule has 0 bridgehead atoms. The van der Waals surface area contributed by atoms with Gasteiger partial charge >= 0.3 is 0 Å². The Kier molecular flexibility index (Phi) is 5.03. The van der Waals surface area contributed by atoms with Crippen LogP contribution in [0.3, 0.4) is 0 Å². The molecule has 1 N–H and O–H groups in total. The lowest BCUT2D eigenvalue weighted by Gasteiger charge is -2.19. The van der Waals surface area contributed by atoms with Crippen molar-refractivity contribution in [3.05, 3.63) is 58.9 Å². The van der Waals surface area contributed by atoms with E-state index < -0.39 is 0 Å². The Morgan fingerprint density at radius 2 is 2.14 bits per heavy atom. The molecule has 2 aromatic heterocycles. The molecule has 0 saturated heterocycles. The summed E-state index contributed by atoms with van der Waals surface area (Å²) in [6, 6.07) is 14.3. The van der Waals surface area contributed by atoms with E-state index in [4.69, 9.17) is 4.74 Å². The SMILES string of the molecule is CCNCC[C@@H](Oc1cccc2ncccc12)c1cccs1. The monoisotopic (exact) mass is 312 g/mol. The minimum atomic E-state index is 0.0739. The fourth-order valence-corrected chi connectivity index (χ4v) is 3.26. The van der Waals surface area contributed by atoms with Gasteiger partial charge in [-0.25, -0.2) is 0 Å². The Bertz CT molecular complexity index is 707. The third kappa shape index (κ3) is 3.46. The average Bonchev–Trinajstić information content (AvgIpc) is 3.09. The lowest BCUT2D eigenvalue weighted by atomic mass is 10.1. The van der Waals surface area contributed by atoms with E-state index in [-0.39, 0.29) is 6.10 Å². The highest BCUT2D eigenvalue weighted by atomic mass is 32.1. The third-order valence-corrected chi connectivity index (χ3v) is 4.53. The first-order valence-corrected chi connectivity index (χ1v) is 8.51. The van der Waals surface area contributed by atoms with Crippen molar-refractivity contribution in [3.8, 4) is 5.75 Å². The highest BCUT2D eigenvalue weighted by molar-refractivity contribution is 7.10. The molecule has 0 aliphatic heterocycles. The number of aromatic nitrogens is 1. The predicted octanol–water partition coefficient (Wildman–Crippen LogP) is 4.42. The van der Waals surface area contributed by atoms with Crippen LogP contribution in [-0.2, 0) is 0 Å². The van der Waals surface area contributed by atoms with E-state index in [1.165, 1.54) is 4.88 Å². The summed E-state index contributed by atoms with van der Waals surface area (Å²) in [7, 11) is 0. The first-order chi connectivity index (χ1) is 10.9. The van der Waals surface area contributed by atoms with Crippen LogP contribution in [0.1, 0.15) is 24.3 Å². The van der Waals surface area contributed by atoms with Crippen molar-refractivity contribution in [1.82, 2.24) is 10.3 Å². The van der Waals surface area contributed by atoms with Gasteiger partial charge in [-0.15, -0.1) is 11.3 Å². The topological polar surface area (TPSA) is 34.1 Å². The van der Waals surface area contributed by atoms with E-state index in [0.29, 0.717) is 0 Å². The van der Waals surface area contributed by atoms with E-state index in [9.17, 15) is 0 Å². The van der Waals surface area contributed by atoms with Gasteiger partial charge in [0.15, 0.2) is 0 Å². The van der Waals surface area contributed by atoms with Gasteiger partial charge in [0.25, 0.3) is 0 Å². The molecule has 2 heterocycles. The second kappa shape index (κ2) is 7.38. The standard InChI is InChI=1S/C18H20N2OS/c1-2-19-12-10-17(18-9-5-13-22-18)21-16-8-3-7-15-14(16)6-4-11-20-15/h3-9,11,13,17,19H,2,10,12H2,1H3/t17-/m1/s1. The maximum absolute atomic E-state index is 6.35. The molecule has 0 radical (unpaired) electrons. The van der Waals surface area contributed by atoms with Crippen molar-refractivity contribution >= 4 is 22.2 Å². The summed E-state index contributed by atoms with van der Waals surface area (Å²) in [4.78, 5) is 5.66. The summed E-state index contributed by atoms with van der Waals surface area (Å²) in [6.45, 7) is 4.05. The number of benzene rings is 1. The lowest BCUT2D eigenvalue weighted by molar-refractivity contribution is 0.200. The Morgan fingerprint density at radius 1 is 1.18 bits per heavy atom. The average molecular weight is 312 g/mol. The van der Waals surface area contributed by atoms with E-state index in [0.717, 1.165) is 36.2 Å². The maximum atomic E-state index is 6.35. The minimum absolute atomic E-state index is 0.0739. The van der Waals surface area contributed by atoms with Gasteiger partial charge < -0.3 is 10.1 Å². The maximum Gasteiger partial charge on any atom is 0.134 e. The van der Waals surface area contributed by atoms with Crippen molar-refractivity contribution in [2.45, 2.75) is 19.4 Å². The molecular formula is C18H20N2OS. The molecule has 3 aromatic rings. The molecule has 114 valence electrons. The minimum Gasteiger partial charge on any atom is -0.484 e. The Hall–Kier alpha value is -1.91. The summed E-state index contributed by atoms with van der Waals surface area (Å²) in [5.74, 6) is 0.903. The molecule has 0 fully saturated rings. The van der Waals surface area contributed by atoms with Gasteiger partial charge in [0.1, 0.15) is 11.9 Å². The largest absolute Gasteiger partial charge is 0.484 e. The number of nitrogens with zero attached hydrogens (tertiary/aromatic N) is 1. The third-order valence-electron chi connectivity index (χ3n) is 3.57. The highest BCUT2D eigenvalue weighted by Gasteiger charge is 2.15. The van der Waals surface area contributed by atoms with Crippen LogP contribution in [0.4, 0.5) is 0 Å². The van der Waals surface area contributed by atoms with Crippen molar-refractivity contribution in [2.75, 3.05) is 13.1 Å². The van der Waals surface area contributed by atoms with Crippen molar-refractivity contribution in [1.29, 1.82) is 0 Å². The second-order valence-electron chi connectivity index (χ2n) is 5.09. The van der Waals surface area contributed by atoms with E-state index in [2.05, 4.69) is 40.8 Å². The van der Waals surface area contributed by atoms with Crippen LogP contribution in [0.2, 0.25) is 0 Å². The van der Waals surface area contributed by atoms with Crippen LogP contribution in [0, 0.1) is 0 Å². The number of thiophene rings is 1. The van der Waals surface area contributed by atoms with Gasteiger partial charge in [0.2, 0.25) is 0 Å². The molecule has 0 aliphatic rings. The number of hydrogen-bond acceptors (Lipinski definition) is 4. The van der Waals surface area contributed by atoms with E-state index in [1.807, 2.05) is 30.5 Å². The number of nitrogens with one attached hydrogen (secondary N) is 1. The van der Waals surface area contributed by atoms with E-state index >= 15 is 0 Å². The van der Waals surface area contributed by atoms with Gasteiger partial charge in [0, 0.05) is 22.9 Å². The molecule has 1 atom stereocenters. The van der Waals surface area contributed by atoms with Crippen molar-refractivity contribution in [2.24, 2.45) is 0 Å². The summed E-state index contributed by atoms with van der Waals surface area (Å²) < 4.78 is 6.35. The molecule has 0 amide bonds. The molecule has 3 rings (SSSR count). The van der Waals surface area contributed by atoms with Crippen LogP contribution in [0.5, 0.6) is 5.75 Å². The van der Waals surface area contributed by atoms with Crippen LogP contribution in [-0.4, -0.2) is 18.1 Å². The Balaban J connectivity index is 1.85. The van der Waals surface area contributed by atoms with Crippen LogP contribution >= 0.6 is 11.3 Å². The highest BCUT2D eigenvalue weighted by Crippen LogP contribution is 2.31. The molecule has 4 heteroatoms. The van der Waals surface area contributed by atoms with Crippen LogP contribution in [0.15, 0.2) is 54.0 Å². The summed E-state index contributed by atoms with van der Waals surface area (Å²) >= 11 is 1.75. The number of fused-ring (bicyclic) bond motifs is 1. The molecule has 3 nitrogen and oxygen atoms in total. The first-order valence-electron chi connectivity index (χ1n) is 7.63. The molecule has 0 saturated carbocycles. The van der Waals surface area contributed by atoms with Gasteiger partial charge in [-0.2, -0.15) is 0 Å². The normalized spacial score (nSPS) is 12.4. The second-order valence-corrected chi connectivity index (χ2v) is 6.07. The molecule has 0 spiro atoms. The van der Waals surface area contributed by atoms with Gasteiger partial charge in [0.05, 0.1) is 5.52 Å². The summed E-state index contributed by atoms with van der Waals surface area (Å²) in [5, 5.41) is 6.54. The smallest absolute Gasteiger partial charge is 0.134 e. The fourth-order valence-electron chi connectivity index (χ4n) is 2.47. The van der Waals surface area contributed by atoms with E-state index in [1.54, 1.807) is 11.3 Å². The number of pyridine rings is 1. The van der Waals surface area contributed by atoms with Crippen LogP contribution in [0.25, 0.3) is 10.9 Å². The fraction of sp³-hybridized carbons (Fsp3) is 0.278. The zero-order valence-electron chi connectivity index (χ0n) is 12.7. The predicted molar refractivity (Wildman–Crippen MR) is 92.6 cm³/mol. The molecule has 22 heavy (non-hydrogen) atoms. The summed E-state index contributed by atoms with van der Waals surface area (Å²) in [6.07, 6.45) is 2.84. The molecule has 0 unspecified atom stereocenters. The number of ether oxygens (including phenoxy) is 1. The van der Waals surface area contributed by atoms with Crippen molar-refractivity contribution < 1.29 is 4.74 Å². The molecule has 1 aromatic carbocycles. The Morgan fingerprint density at radius 3 is 2.95 bits per heavy atom. The van der Waals surface area contributed by atoms with Crippen LogP contribution < -0.4 is 10.1 Å². The quantitative estimate of drug-likeness (QED) is 0.656. The first kappa shape index (κ1) is 15.0. The Labute approximate surface area is 135 Å². The molecule has 0 aliphatic carbocycles. The lowest BCUT2D eigenvalue weighted by Crippen LogP contribution is -2.19. The number of hydrogen-bond donors (Lipinski definition) is 1. The zero-order chi connectivity index (χ0) is 15.2.